The Hall–Kier alpha value is -3.62. The summed E-state index contributed by atoms with van der Waals surface area (Å²) in [6, 6.07) is 20.9. The first kappa shape index (κ1) is 23.5. The molecule has 2 N–H and O–H groups in total. The Bertz CT molecular complexity index is 1070. The predicted molar refractivity (Wildman–Crippen MR) is 126 cm³/mol. The molecule has 1 aliphatic heterocycles. The highest BCUT2D eigenvalue weighted by Crippen LogP contribution is 2.32. The molecule has 1 amide bonds. The van der Waals surface area contributed by atoms with Crippen molar-refractivity contribution < 1.29 is 23.9 Å². The summed E-state index contributed by atoms with van der Waals surface area (Å²) in [6.45, 7) is 1.12. The van der Waals surface area contributed by atoms with Gasteiger partial charge in [0.15, 0.2) is 12.4 Å². The molecular formula is C26H29N4O4+. The fourth-order valence-corrected chi connectivity index (χ4v) is 4.57. The lowest BCUT2D eigenvalue weighted by atomic mass is 9.86. The zero-order valence-electron chi connectivity index (χ0n) is 19.1. The van der Waals surface area contributed by atoms with Crippen LogP contribution in [0.3, 0.4) is 0 Å². The molecule has 3 aromatic rings. The SMILES string of the molecule is C[N+]1(CC(=O)Nc2cccnn2)CCC[C@@H]1COC(=O)C(O)(c1ccccc1)c1ccccc1. The van der Waals surface area contributed by atoms with Crippen LogP contribution in [0.1, 0.15) is 24.0 Å². The van der Waals surface area contributed by atoms with E-state index >= 15 is 0 Å². The van der Waals surface area contributed by atoms with Crippen LogP contribution < -0.4 is 5.32 Å². The first-order chi connectivity index (χ1) is 16.4. The molecule has 1 saturated heterocycles. The molecule has 2 atom stereocenters. The van der Waals surface area contributed by atoms with Gasteiger partial charge in [0.2, 0.25) is 5.60 Å². The van der Waals surface area contributed by atoms with Gasteiger partial charge in [-0.1, -0.05) is 60.7 Å². The maximum atomic E-state index is 13.3. The molecule has 1 unspecified atom stereocenters. The predicted octanol–water partition coefficient (Wildman–Crippen LogP) is 2.50. The zero-order valence-corrected chi connectivity index (χ0v) is 19.1. The number of rotatable bonds is 8. The number of quaternary nitrogens is 1. The lowest BCUT2D eigenvalue weighted by molar-refractivity contribution is -0.913. The van der Waals surface area contributed by atoms with Crippen LogP contribution in [0.4, 0.5) is 5.82 Å². The van der Waals surface area contributed by atoms with Crippen LogP contribution in [-0.4, -0.2) is 64.4 Å². The first-order valence-electron chi connectivity index (χ1n) is 11.3. The van der Waals surface area contributed by atoms with E-state index in [1.54, 1.807) is 66.9 Å². The van der Waals surface area contributed by atoms with E-state index in [0.717, 1.165) is 19.4 Å². The number of benzene rings is 2. The number of esters is 1. The highest BCUT2D eigenvalue weighted by molar-refractivity contribution is 5.90. The van der Waals surface area contributed by atoms with Crippen molar-refractivity contribution in [3.05, 3.63) is 90.1 Å². The number of anilines is 1. The zero-order chi connectivity index (χ0) is 24.0. The summed E-state index contributed by atoms with van der Waals surface area (Å²) in [5.74, 6) is -0.504. The minimum absolute atomic E-state index is 0.0626. The quantitative estimate of drug-likeness (QED) is 0.395. The summed E-state index contributed by atoms with van der Waals surface area (Å²) in [6.07, 6.45) is 3.27. The molecule has 34 heavy (non-hydrogen) atoms. The van der Waals surface area contributed by atoms with Crippen molar-refractivity contribution in [1.29, 1.82) is 0 Å². The number of likely N-dealkylation sites (tertiary alicyclic amines) is 1. The van der Waals surface area contributed by atoms with Gasteiger partial charge in [-0.25, -0.2) is 4.79 Å². The Labute approximate surface area is 198 Å². The minimum Gasteiger partial charge on any atom is -0.457 e. The Morgan fingerprint density at radius 2 is 1.71 bits per heavy atom. The van der Waals surface area contributed by atoms with Gasteiger partial charge in [0.1, 0.15) is 12.6 Å². The molecule has 8 heteroatoms. The van der Waals surface area contributed by atoms with Gasteiger partial charge >= 0.3 is 5.97 Å². The second-order valence-electron chi connectivity index (χ2n) is 8.86. The molecule has 2 aromatic carbocycles. The normalized spacial score (nSPS) is 20.0. The Morgan fingerprint density at radius 1 is 1.06 bits per heavy atom. The van der Waals surface area contributed by atoms with Gasteiger partial charge in [-0.05, 0) is 23.3 Å². The second-order valence-corrected chi connectivity index (χ2v) is 8.86. The monoisotopic (exact) mass is 461 g/mol. The van der Waals surface area contributed by atoms with E-state index in [-0.39, 0.29) is 25.1 Å². The molecule has 1 aromatic heterocycles. The van der Waals surface area contributed by atoms with Gasteiger partial charge < -0.3 is 19.6 Å². The lowest BCUT2D eigenvalue weighted by Gasteiger charge is -2.36. The van der Waals surface area contributed by atoms with Crippen LogP contribution in [0.2, 0.25) is 0 Å². The number of aromatic nitrogens is 2. The standard InChI is InChI=1S/C26H28N4O4/c1-30(18-24(31)28-23-15-8-16-27-29-23)17-9-14-22(30)19-34-25(32)26(33,20-10-4-2-5-11-20)21-12-6-3-7-13-21/h2-8,10-13,15-16,22,33H,9,14,17-19H2,1H3/p+1/t22-,30?/m1/s1. The van der Waals surface area contributed by atoms with Crippen molar-refractivity contribution in [2.45, 2.75) is 24.5 Å². The molecule has 1 aliphatic rings. The molecule has 8 nitrogen and oxygen atoms in total. The molecule has 0 aliphatic carbocycles. The summed E-state index contributed by atoms with van der Waals surface area (Å²) in [7, 11) is 1.99. The number of carbonyl (C=O) groups is 2. The van der Waals surface area contributed by atoms with Crippen molar-refractivity contribution in [2.75, 3.05) is 32.1 Å². The van der Waals surface area contributed by atoms with Crippen LogP contribution in [-0.2, 0) is 19.9 Å². The number of ether oxygens (including phenoxy) is 1. The number of carbonyl (C=O) groups excluding carboxylic acids is 2. The van der Waals surface area contributed by atoms with E-state index in [0.29, 0.717) is 21.4 Å². The summed E-state index contributed by atoms with van der Waals surface area (Å²) in [5, 5.41) is 22.0. The van der Waals surface area contributed by atoms with Crippen LogP contribution in [0.25, 0.3) is 0 Å². The van der Waals surface area contributed by atoms with Gasteiger partial charge in [0, 0.05) is 19.0 Å². The molecule has 4 rings (SSSR count). The second kappa shape index (κ2) is 10.1. The average Bonchev–Trinajstić information content (AvgIpc) is 3.23. The van der Waals surface area contributed by atoms with E-state index in [9.17, 15) is 14.7 Å². The van der Waals surface area contributed by atoms with E-state index in [1.165, 1.54) is 0 Å². The largest absolute Gasteiger partial charge is 0.457 e. The molecular weight excluding hydrogens is 432 g/mol. The molecule has 2 heterocycles. The van der Waals surface area contributed by atoms with Gasteiger partial charge in [-0.2, -0.15) is 5.10 Å². The van der Waals surface area contributed by atoms with Crippen LogP contribution >= 0.6 is 0 Å². The number of hydrogen-bond donors (Lipinski definition) is 2. The summed E-state index contributed by atoms with van der Waals surface area (Å²) < 4.78 is 6.18. The molecule has 0 spiro atoms. The van der Waals surface area contributed by atoms with Crippen molar-refractivity contribution in [3.8, 4) is 0 Å². The van der Waals surface area contributed by atoms with E-state index < -0.39 is 11.6 Å². The number of aliphatic hydroxyl groups is 1. The fourth-order valence-electron chi connectivity index (χ4n) is 4.57. The van der Waals surface area contributed by atoms with Gasteiger partial charge in [-0.15, -0.1) is 5.10 Å². The number of amides is 1. The van der Waals surface area contributed by atoms with Crippen LogP contribution in [0.15, 0.2) is 79.0 Å². The fraction of sp³-hybridized carbons (Fsp3) is 0.308. The van der Waals surface area contributed by atoms with Crippen molar-refractivity contribution in [1.82, 2.24) is 10.2 Å². The number of nitrogens with one attached hydrogen (secondary N) is 1. The van der Waals surface area contributed by atoms with Crippen molar-refractivity contribution in [2.24, 2.45) is 0 Å². The smallest absolute Gasteiger partial charge is 0.347 e. The maximum Gasteiger partial charge on any atom is 0.347 e. The molecule has 0 radical (unpaired) electrons. The summed E-state index contributed by atoms with van der Waals surface area (Å²) >= 11 is 0. The van der Waals surface area contributed by atoms with E-state index in [4.69, 9.17) is 4.74 Å². The molecule has 0 bridgehead atoms. The number of hydrogen-bond acceptors (Lipinski definition) is 6. The topological polar surface area (TPSA) is 101 Å². The Kier molecular flexibility index (Phi) is 7.00. The van der Waals surface area contributed by atoms with Gasteiger partial charge in [0.05, 0.1) is 13.6 Å². The van der Waals surface area contributed by atoms with Crippen LogP contribution in [0, 0.1) is 0 Å². The summed E-state index contributed by atoms with van der Waals surface area (Å²) in [4.78, 5) is 26.0. The maximum absolute atomic E-state index is 13.3. The van der Waals surface area contributed by atoms with Gasteiger partial charge in [0.25, 0.3) is 5.91 Å². The first-order valence-corrected chi connectivity index (χ1v) is 11.3. The van der Waals surface area contributed by atoms with Crippen LogP contribution in [0.5, 0.6) is 0 Å². The van der Waals surface area contributed by atoms with Gasteiger partial charge in [-0.3, -0.25) is 4.79 Å². The molecule has 176 valence electrons. The minimum atomic E-state index is -1.92. The van der Waals surface area contributed by atoms with E-state index in [1.807, 2.05) is 19.2 Å². The third-order valence-electron chi connectivity index (χ3n) is 6.52. The molecule has 1 fully saturated rings. The third-order valence-corrected chi connectivity index (χ3v) is 6.52. The number of nitrogens with zero attached hydrogens (tertiary/aromatic N) is 3. The Balaban J connectivity index is 1.46. The third kappa shape index (κ3) is 4.98. The van der Waals surface area contributed by atoms with Crippen molar-refractivity contribution in [3.63, 3.8) is 0 Å². The Morgan fingerprint density at radius 3 is 2.29 bits per heavy atom. The summed E-state index contributed by atoms with van der Waals surface area (Å²) in [5.41, 5.74) is -1.04. The number of likely N-dealkylation sites (N-methyl/N-ethyl adjacent to an activating group) is 1. The average molecular weight is 462 g/mol. The highest BCUT2D eigenvalue weighted by atomic mass is 16.6. The lowest BCUT2D eigenvalue weighted by Crippen LogP contribution is -2.54. The highest BCUT2D eigenvalue weighted by Gasteiger charge is 2.45. The van der Waals surface area contributed by atoms with Crippen molar-refractivity contribution >= 4 is 17.7 Å². The molecule has 0 saturated carbocycles. The van der Waals surface area contributed by atoms with E-state index in [2.05, 4.69) is 15.5 Å².